The van der Waals surface area contributed by atoms with Crippen LogP contribution in [0.3, 0.4) is 0 Å². The van der Waals surface area contributed by atoms with E-state index in [9.17, 15) is 9.59 Å². The van der Waals surface area contributed by atoms with Crippen LogP contribution >= 0.6 is 24.8 Å². The van der Waals surface area contributed by atoms with E-state index in [0.717, 1.165) is 44.6 Å². The molecule has 0 unspecified atom stereocenters. The summed E-state index contributed by atoms with van der Waals surface area (Å²) >= 11 is 0. The molecule has 3 fully saturated rings. The van der Waals surface area contributed by atoms with Gasteiger partial charge in [0, 0.05) is 37.7 Å². The van der Waals surface area contributed by atoms with Gasteiger partial charge in [0.05, 0.1) is 18.6 Å². The fourth-order valence-corrected chi connectivity index (χ4v) is 4.91. The Labute approximate surface area is 172 Å². The Morgan fingerprint density at radius 2 is 2.11 bits per heavy atom. The summed E-state index contributed by atoms with van der Waals surface area (Å²) in [6.45, 7) is 5.13. The zero-order chi connectivity index (χ0) is 17.4. The zero-order valence-electron chi connectivity index (χ0n) is 15.6. The Balaban J connectivity index is 0.00000131. The number of piperidine rings is 3. The van der Waals surface area contributed by atoms with E-state index in [1.54, 1.807) is 12.5 Å². The van der Waals surface area contributed by atoms with E-state index in [-0.39, 0.29) is 54.6 Å². The number of nitrogens with one attached hydrogen (secondary N) is 2. The van der Waals surface area contributed by atoms with Gasteiger partial charge in [-0.3, -0.25) is 9.59 Å². The lowest BCUT2D eigenvalue weighted by Gasteiger charge is -2.53. The van der Waals surface area contributed by atoms with Crippen molar-refractivity contribution in [1.82, 2.24) is 25.1 Å². The molecule has 4 rings (SSSR count). The molecular formula is C18H29Cl2N5O2. The predicted octanol–water partition coefficient (Wildman–Crippen LogP) is 1.35. The van der Waals surface area contributed by atoms with Crippen LogP contribution in [0.4, 0.5) is 0 Å². The molecule has 0 aromatic carbocycles. The summed E-state index contributed by atoms with van der Waals surface area (Å²) in [6.07, 6.45) is 7.17. The molecule has 27 heavy (non-hydrogen) atoms. The van der Waals surface area contributed by atoms with Gasteiger partial charge in [-0.2, -0.15) is 0 Å². The van der Waals surface area contributed by atoms with Crippen LogP contribution in [-0.4, -0.2) is 51.4 Å². The number of carbonyl (C=O) groups is 2. The van der Waals surface area contributed by atoms with Crippen molar-refractivity contribution >= 4 is 36.6 Å². The van der Waals surface area contributed by atoms with Crippen molar-refractivity contribution < 1.29 is 9.59 Å². The SMILES string of the molecule is CCn1cncc1CNC(=O)[C@H]1[C@@H]2CNC[C@@H](C2)[C@@H]2CCCC(=O)N21.Cl.Cl. The molecule has 0 aliphatic carbocycles. The molecule has 3 aliphatic heterocycles. The van der Waals surface area contributed by atoms with E-state index >= 15 is 0 Å². The maximum absolute atomic E-state index is 13.0. The van der Waals surface area contributed by atoms with Crippen molar-refractivity contribution in [3.63, 3.8) is 0 Å². The fraction of sp³-hybridized carbons (Fsp3) is 0.722. The monoisotopic (exact) mass is 417 g/mol. The largest absolute Gasteiger partial charge is 0.349 e. The van der Waals surface area contributed by atoms with Gasteiger partial charge >= 0.3 is 0 Å². The van der Waals surface area contributed by atoms with Gasteiger partial charge in [0.2, 0.25) is 11.8 Å². The predicted molar refractivity (Wildman–Crippen MR) is 107 cm³/mol. The highest BCUT2D eigenvalue weighted by Gasteiger charge is 2.50. The highest BCUT2D eigenvalue weighted by Crippen LogP contribution is 2.39. The molecule has 1 aromatic heterocycles. The molecule has 152 valence electrons. The standard InChI is InChI=1S/C18H27N5O2.2ClH/c1-2-22-11-20-9-14(22)10-21-18(25)17-13-6-12(7-19-8-13)15-4-3-5-16(24)23(15)17;;/h9,11-13,15,17,19H,2-8,10H2,1H3,(H,21,25);2*1H/t12-,13+,15+,17-;;/m1../s1. The quantitative estimate of drug-likeness (QED) is 0.774. The van der Waals surface area contributed by atoms with Crippen molar-refractivity contribution in [3.05, 3.63) is 18.2 Å². The van der Waals surface area contributed by atoms with Crippen molar-refractivity contribution in [2.75, 3.05) is 13.1 Å². The summed E-state index contributed by atoms with van der Waals surface area (Å²) in [5.74, 6) is 0.851. The Hall–Kier alpha value is -1.31. The first-order valence-corrected chi connectivity index (χ1v) is 9.47. The van der Waals surface area contributed by atoms with Crippen LogP contribution in [-0.2, 0) is 22.7 Å². The van der Waals surface area contributed by atoms with E-state index in [1.165, 1.54) is 0 Å². The maximum atomic E-state index is 13.0. The number of hydrogen-bond donors (Lipinski definition) is 2. The third-order valence-corrected chi connectivity index (χ3v) is 6.10. The zero-order valence-corrected chi connectivity index (χ0v) is 17.2. The third-order valence-electron chi connectivity index (χ3n) is 6.10. The van der Waals surface area contributed by atoms with Crippen molar-refractivity contribution in [2.45, 2.75) is 57.8 Å². The van der Waals surface area contributed by atoms with Gasteiger partial charge in [0.15, 0.2) is 0 Å². The molecule has 3 aliphatic rings. The maximum Gasteiger partial charge on any atom is 0.243 e. The first-order valence-electron chi connectivity index (χ1n) is 9.47. The van der Waals surface area contributed by atoms with E-state index in [0.29, 0.717) is 18.9 Å². The lowest BCUT2D eigenvalue weighted by atomic mass is 9.72. The van der Waals surface area contributed by atoms with Gasteiger partial charge in [-0.25, -0.2) is 4.98 Å². The number of fused-ring (bicyclic) bond motifs is 4. The molecule has 2 bridgehead atoms. The Kier molecular flexibility index (Phi) is 7.54. The molecule has 2 N–H and O–H groups in total. The van der Waals surface area contributed by atoms with Crippen molar-refractivity contribution in [3.8, 4) is 0 Å². The lowest BCUT2D eigenvalue weighted by molar-refractivity contribution is -0.157. The number of amides is 2. The Bertz CT molecular complexity index is 668. The first kappa shape index (κ1) is 22.0. The summed E-state index contributed by atoms with van der Waals surface area (Å²) in [6, 6.07) is -0.109. The van der Waals surface area contributed by atoms with Gasteiger partial charge in [0.25, 0.3) is 0 Å². The molecule has 3 saturated heterocycles. The lowest BCUT2D eigenvalue weighted by Crippen LogP contribution is -2.67. The number of nitrogens with zero attached hydrogens (tertiary/aromatic N) is 3. The minimum atomic E-state index is -0.333. The normalized spacial score (nSPS) is 29.2. The van der Waals surface area contributed by atoms with Crippen LogP contribution in [0.1, 0.15) is 38.3 Å². The molecule has 0 spiro atoms. The molecule has 1 aromatic rings. The van der Waals surface area contributed by atoms with Gasteiger partial charge in [-0.1, -0.05) is 0 Å². The van der Waals surface area contributed by atoms with E-state index in [2.05, 4.69) is 22.5 Å². The van der Waals surface area contributed by atoms with Crippen molar-refractivity contribution in [1.29, 1.82) is 0 Å². The molecule has 4 atom stereocenters. The number of rotatable bonds is 4. The van der Waals surface area contributed by atoms with Crippen LogP contribution in [0, 0.1) is 11.8 Å². The van der Waals surface area contributed by atoms with Crippen LogP contribution in [0.2, 0.25) is 0 Å². The summed E-state index contributed by atoms with van der Waals surface area (Å²) in [4.78, 5) is 31.7. The second-order valence-electron chi connectivity index (χ2n) is 7.51. The van der Waals surface area contributed by atoms with Gasteiger partial charge < -0.3 is 20.1 Å². The summed E-state index contributed by atoms with van der Waals surface area (Å²) < 4.78 is 2.02. The average molecular weight is 418 g/mol. The summed E-state index contributed by atoms with van der Waals surface area (Å²) in [5, 5.41) is 6.54. The Morgan fingerprint density at radius 1 is 1.33 bits per heavy atom. The number of aryl methyl sites for hydroxylation is 1. The number of carbonyl (C=O) groups excluding carboxylic acids is 2. The molecular weight excluding hydrogens is 389 g/mol. The highest BCUT2D eigenvalue weighted by molar-refractivity contribution is 5.89. The molecule has 9 heteroatoms. The Morgan fingerprint density at radius 3 is 2.89 bits per heavy atom. The highest BCUT2D eigenvalue weighted by atomic mass is 35.5. The minimum Gasteiger partial charge on any atom is -0.349 e. The van der Waals surface area contributed by atoms with Crippen LogP contribution in [0.15, 0.2) is 12.5 Å². The van der Waals surface area contributed by atoms with E-state index < -0.39 is 0 Å². The second kappa shape index (κ2) is 9.26. The van der Waals surface area contributed by atoms with Crippen LogP contribution < -0.4 is 10.6 Å². The van der Waals surface area contributed by atoms with Crippen molar-refractivity contribution in [2.24, 2.45) is 11.8 Å². The van der Waals surface area contributed by atoms with Gasteiger partial charge in [-0.15, -0.1) is 24.8 Å². The molecule has 0 saturated carbocycles. The van der Waals surface area contributed by atoms with Crippen LogP contribution in [0.5, 0.6) is 0 Å². The molecule has 0 radical (unpaired) electrons. The molecule has 4 heterocycles. The minimum absolute atomic E-state index is 0. The molecule has 2 amide bonds. The summed E-state index contributed by atoms with van der Waals surface area (Å²) in [5.41, 5.74) is 0.993. The second-order valence-corrected chi connectivity index (χ2v) is 7.51. The third kappa shape index (κ3) is 4.10. The topological polar surface area (TPSA) is 79.3 Å². The van der Waals surface area contributed by atoms with E-state index in [4.69, 9.17) is 0 Å². The first-order chi connectivity index (χ1) is 12.2. The number of aromatic nitrogens is 2. The molecule has 7 nitrogen and oxygen atoms in total. The number of imidazole rings is 1. The van der Waals surface area contributed by atoms with Crippen LogP contribution in [0.25, 0.3) is 0 Å². The van der Waals surface area contributed by atoms with Gasteiger partial charge in [0.1, 0.15) is 6.04 Å². The van der Waals surface area contributed by atoms with Gasteiger partial charge in [-0.05, 0) is 38.6 Å². The smallest absolute Gasteiger partial charge is 0.243 e. The summed E-state index contributed by atoms with van der Waals surface area (Å²) in [7, 11) is 0. The van der Waals surface area contributed by atoms with E-state index in [1.807, 2.05) is 9.47 Å². The number of hydrogen-bond acceptors (Lipinski definition) is 4. The number of halogens is 2. The fourth-order valence-electron chi connectivity index (χ4n) is 4.91. The average Bonchev–Trinajstić information content (AvgIpc) is 3.09.